The second-order valence-corrected chi connectivity index (χ2v) is 5.29. The molecule has 2 unspecified atom stereocenters. The van der Waals surface area contributed by atoms with Crippen LogP contribution in [0.5, 0.6) is 11.5 Å². The molecule has 1 saturated heterocycles. The third-order valence-electron chi connectivity index (χ3n) is 3.91. The summed E-state index contributed by atoms with van der Waals surface area (Å²) in [5, 5.41) is 18.8. The number of methoxy groups -OCH3 is 1. The first-order valence-corrected chi connectivity index (χ1v) is 6.84. The van der Waals surface area contributed by atoms with E-state index in [1.807, 2.05) is 6.92 Å². The Bertz CT molecular complexity index is 557. The number of nitrogens with zero attached hydrogens (tertiary/aromatic N) is 1. The van der Waals surface area contributed by atoms with Crippen LogP contribution in [0.1, 0.15) is 30.1 Å². The van der Waals surface area contributed by atoms with E-state index in [1.54, 1.807) is 11.0 Å². The molecule has 21 heavy (non-hydrogen) atoms. The molecule has 6 nitrogen and oxygen atoms in total. The predicted molar refractivity (Wildman–Crippen MR) is 75.5 cm³/mol. The smallest absolute Gasteiger partial charge is 0.306 e. The van der Waals surface area contributed by atoms with Gasteiger partial charge in [-0.3, -0.25) is 9.59 Å². The van der Waals surface area contributed by atoms with Crippen molar-refractivity contribution in [2.45, 2.75) is 25.8 Å². The van der Waals surface area contributed by atoms with Gasteiger partial charge in [0.15, 0.2) is 11.5 Å². The molecule has 2 N–H and O–H groups in total. The van der Waals surface area contributed by atoms with Gasteiger partial charge in [-0.1, -0.05) is 0 Å². The standard InChI is InChI=1S/C15H19NO5/c1-9-7-11(15(19)20)5-6-16(9)14(18)10-3-4-13(21-2)12(17)8-10/h3-4,8-9,11,17H,5-7H2,1-2H3,(H,19,20). The number of piperidine rings is 1. The van der Waals surface area contributed by atoms with Crippen molar-refractivity contribution in [1.29, 1.82) is 0 Å². The Morgan fingerprint density at radius 2 is 2.10 bits per heavy atom. The van der Waals surface area contributed by atoms with Gasteiger partial charge in [0.05, 0.1) is 13.0 Å². The van der Waals surface area contributed by atoms with E-state index < -0.39 is 11.9 Å². The van der Waals surface area contributed by atoms with Gasteiger partial charge in [-0.15, -0.1) is 0 Å². The first kappa shape index (κ1) is 15.2. The molecule has 1 aromatic rings. The molecule has 1 aromatic carbocycles. The van der Waals surface area contributed by atoms with Gasteiger partial charge in [-0.2, -0.15) is 0 Å². The minimum atomic E-state index is -0.809. The Morgan fingerprint density at radius 1 is 1.38 bits per heavy atom. The maximum Gasteiger partial charge on any atom is 0.306 e. The van der Waals surface area contributed by atoms with E-state index in [4.69, 9.17) is 9.84 Å². The van der Waals surface area contributed by atoms with Crippen LogP contribution in [0.25, 0.3) is 0 Å². The van der Waals surface area contributed by atoms with E-state index >= 15 is 0 Å². The first-order valence-electron chi connectivity index (χ1n) is 6.84. The normalized spacial score (nSPS) is 21.9. The highest BCUT2D eigenvalue weighted by molar-refractivity contribution is 5.95. The summed E-state index contributed by atoms with van der Waals surface area (Å²) in [6.45, 7) is 2.25. The van der Waals surface area contributed by atoms with E-state index in [2.05, 4.69) is 0 Å². The van der Waals surface area contributed by atoms with Crippen LogP contribution in [0.4, 0.5) is 0 Å². The van der Waals surface area contributed by atoms with Gasteiger partial charge in [-0.05, 0) is 38.0 Å². The van der Waals surface area contributed by atoms with Gasteiger partial charge < -0.3 is 19.8 Å². The second kappa shape index (κ2) is 6.03. The SMILES string of the molecule is COc1ccc(C(=O)N2CCC(C(=O)O)CC2C)cc1O. The maximum atomic E-state index is 12.5. The minimum absolute atomic E-state index is 0.0866. The molecule has 6 heteroatoms. The van der Waals surface area contributed by atoms with Crippen molar-refractivity contribution in [1.82, 2.24) is 4.90 Å². The lowest BCUT2D eigenvalue weighted by Crippen LogP contribution is -2.46. The molecule has 1 heterocycles. The molecule has 2 rings (SSSR count). The number of carbonyl (C=O) groups is 2. The second-order valence-electron chi connectivity index (χ2n) is 5.29. The molecule has 0 saturated carbocycles. The quantitative estimate of drug-likeness (QED) is 0.886. The third-order valence-corrected chi connectivity index (χ3v) is 3.91. The summed E-state index contributed by atoms with van der Waals surface area (Å²) in [6.07, 6.45) is 0.900. The molecule has 0 aliphatic carbocycles. The van der Waals surface area contributed by atoms with Crippen LogP contribution in [0.15, 0.2) is 18.2 Å². The number of aliphatic carboxylic acids is 1. The van der Waals surface area contributed by atoms with E-state index in [9.17, 15) is 14.7 Å². The summed E-state index contributed by atoms with van der Waals surface area (Å²) in [4.78, 5) is 25.1. The molecule has 114 valence electrons. The van der Waals surface area contributed by atoms with E-state index in [0.29, 0.717) is 30.7 Å². The molecule has 1 aliphatic heterocycles. The van der Waals surface area contributed by atoms with E-state index in [-0.39, 0.29) is 17.7 Å². The van der Waals surface area contributed by atoms with Crippen molar-refractivity contribution in [3.63, 3.8) is 0 Å². The van der Waals surface area contributed by atoms with E-state index in [0.717, 1.165) is 0 Å². The number of ether oxygens (including phenoxy) is 1. The first-order chi connectivity index (χ1) is 9.93. The summed E-state index contributed by atoms with van der Waals surface area (Å²) in [7, 11) is 1.44. The fraction of sp³-hybridized carbons (Fsp3) is 0.467. The Balaban J connectivity index is 2.13. The van der Waals surface area contributed by atoms with Gasteiger partial charge in [0.1, 0.15) is 0 Å². The van der Waals surface area contributed by atoms with Crippen LogP contribution in [0.2, 0.25) is 0 Å². The fourth-order valence-corrected chi connectivity index (χ4v) is 2.69. The molecule has 0 radical (unpaired) electrons. The van der Waals surface area contributed by atoms with Crippen molar-refractivity contribution >= 4 is 11.9 Å². The van der Waals surface area contributed by atoms with Crippen molar-refractivity contribution in [3.05, 3.63) is 23.8 Å². The summed E-state index contributed by atoms with van der Waals surface area (Å²) in [5.41, 5.74) is 0.369. The molecule has 2 atom stereocenters. The van der Waals surface area contributed by atoms with Gasteiger partial charge in [0.25, 0.3) is 5.91 Å². The largest absolute Gasteiger partial charge is 0.504 e. The highest BCUT2D eigenvalue weighted by atomic mass is 16.5. The summed E-state index contributed by atoms with van der Waals surface area (Å²) < 4.78 is 4.95. The number of hydrogen-bond donors (Lipinski definition) is 2. The zero-order chi connectivity index (χ0) is 15.6. The van der Waals surface area contributed by atoms with Crippen LogP contribution >= 0.6 is 0 Å². The average Bonchev–Trinajstić information content (AvgIpc) is 2.46. The number of likely N-dealkylation sites (tertiary alicyclic amines) is 1. The molecular formula is C15H19NO5. The molecule has 0 bridgehead atoms. The number of aromatic hydroxyl groups is 1. The maximum absolute atomic E-state index is 12.5. The Hall–Kier alpha value is -2.24. The molecule has 0 aromatic heterocycles. The molecule has 1 amide bonds. The van der Waals surface area contributed by atoms with Crippen LogP contribution in [-0.4, -0.2) is 46.7 Å². The van der Waals surface area contributed by atoms with Crippen molar-refractivity contribution in [2.24, 2.45) is 5.92 Å². The lowest BCUT2D eigenvalue weighted by atomic mass is 9.91. The molecule has 1 fully saturated rings. The van der Waals surface area contributed by atoms with Crippen LogP contribution in [-0.2, 0) is 4.79 Å². The van der Waals surface area contributed by atoms with Gasteiger partial charge in [0.2, 0.25) is 0 Å². The lowest BCUT2D eigenvalue weighted by molar-refractivity contribution is -0.143. The fourth-order valence-electron chi connectivity index (χ4n) is 2.69. The summed E-state index contributed by atoms with van der Waals surface area (Å²) in [6, 6.07) is 4.36. The number of rotatable bonds is 3. The molecular weight excluding hydrogens is 274 g/mol. The lowest BCUT2D eigenvalue weighted by Gasteiger charge is -2.36. The number of benzene rings is 1. The Labute approximate surface area is 122 Å². The Kier molecular flexibility index (Phi) is 4.35. The number of phenols is 1. The Morgan fingerprint density at radius 3 is 2.62 bits per heavy atom. The zero-order valence-electron chi connectivity index (χ0n) is 12.1. The topological polar surface area (TPSA) is 87.1 Å². The summed E-state index contributed by atoms with van der Waals surface area (Å²) in [5.74, 6) is -1.19. The van der Waals surface area contributed by atoms with Gasteiger partial charge in [-0.25, -0.2) is 0 Å². The monoisotopic (exact) mass is 293 g/mol. The average molecular weight is 293 g/mol. The van der Waals surface area contributed by atoms with Crippen molar-refractivity contribution < 1.29 is 24.5 Å². The van der Waals surface area contributed by atoms with Crippen LogP contribution in [0.3, 0.4) is 0 Å². The third kappa shape index (κ3) is 3.09. The zero-order valence-corrected chi connectivity index (χ0v) is 12.1. The highest BCUT2D eigenvalue weighted by Crippen LogP contribution is 2.29. The van der Waals surface area contributed by atoms with Crippen LogP contribution in [0, 0.1) is 5.92 Å². The number of carboxylic acids is 1. The highest BCUT2D eigenvalue weighted by Gasteiger charge is 2.32. The molecule has 0 spiro atoms. The van der Waals surface area contributed by atoms with E-state index in [1.165, 1.54) is 19.2 Å². The number of amides is 1. The van der Waals surface area contributed by atoms with Crippen molar-refractivity contribution in [3.8, 4) is 11.5 Å². The predicted octanol–water partition coefficient (Wildman–Crippen LogP) is 1.73. The van der Waals surface area contributed by atoms with Crippen molar-refractivity contribution in [2.75, 3.05) is 13.7 Å². The number of carboxylic acid groups (broad SMARTS) is 1. The number of hydrogen-bond acceptors (Lipinski definition) is 4. The van der Waals surface area contributed by atoms with Gasteiger partial charge in [0, 0.05) is 18.2 Å². The number of carbonyl (C=O) groups excluding carboxylic acids is 1. The summed E-state index contributed by atoms with van der Waals surface area (Å²) >= 11 is 0. The minimum Gasteiger partial charge on any atom is -0.504 e. The molecule has 1 aliphatic rings. The number of phenolic OH excluding ortho intramolecular Hbond substituents is 1. The van der Waals surface area contributed by atoms with Crippen LogP contribution < -0.4 is 4.74 Å². The van der Waals surface area contributed by atoms with Gasteiger partial charge >= 0.3 is 5.97 Å².